The minimum atomic E-state index is -4.53. The van der Waals surface area contributed by atoms with Gasteiger partial charge in [0.25, 0.3) is 11.5 Å². The van der Waals surface area contributed by atoms with E-state index in [-0.39, 0.29) is 29.3 Å². The molecule has 3 aliphatic rings. The highest BCUT2D eigenvalue weighted by molar-refractivity contribution is 6.32. The fourth-order valence-corrected chi connectivity index (χ4v) is 10.7. The van der Waals surface area contributed by atoms with Crippen LogP contribution in [0.5, 0.6) is 5.75 Å². The van der Waals surface area contributed by atoms with E-state index in [1.165, 1.54) is 22.9 Å². The van der Waals surface area contributed by atoms with E-state index >= 15 is 0 Å². The molecule has 2 amide bonds. The highest BCUT2D eigenvalue weighted by atomic mass is 35.5. The molecule has 18 heteroatoms. The van der Waals surface area contributed by atoms with Crippen molar-refractivity contribution in [3.63, 3.8) is 0 Å². The fraction of sp³-hybridized carbons (Fsp3) is 0.490. The largest absolute Gasteiger partial charge is 0.496 e. The number of anilines is 2. The van der Waals surface area contributed by atoms with Crippen LogP contribution < -0.4 is 27.0 Å². The van der Waals surface area contributed by atoms with Crippen LogP contribution in [0.3, 0.4) is 0 Å². The third kappa shape index (κ3) is 11.6. The molecule has 3 aromatic carbocycles. The number of nitrogens with zero attached hydrogens (tertiary/aromatic N) is 6. The summed E-state index contributed by atoms with van der Waals surface area (Å²) in [6.45, 7) is 8.30. The first-order valence-corrected chi connectivity index (χ1v) is 24.3. The Hall–Kier alpha value is -5.94. The zero-order valence-electron chi connectivity index (χ0n) is 39.6. The molecule has 4 N–H and O–H groups in total. The number of piperidine rings is 2. The van der Waals surface area contributed by atoms with Gasteiger partial charge in [0.15, 0.2) is 0 Å². The predicted octanol–water partition coefficient (Wildman–Crippen LogP) is 8.60. The smallest absolute Gasteiger partial charge is 0.416 e. The molecule has 368 valence electrons. The summed E-state index contributed by atoms with van der Waals surface area (Å²) in [5.41, 5.74) is 6.77. The Morgan fingerprint density at radius 1 is 0.928 bits per heavy atom. The summed E-state index contributed by atoms with van der Waals surface area (Å²) in [7, 11) is 3.80. The maximum absolute atomic E-state index is 13.9. The molecule has 69 heavy (non-hydrogen) atoms. The topological polar surface area (TPSA) is 172 Å². The Bertz CT molecular complexity index is 2790. The molecule has 5 aromatic rings. The van der Waals surface area contributed by atoms with Crippen molar-refractivity contribution in [2.45, 2.75) is 89.8 Å². The summed E-state index contributed by atoms with van der Waals surface area (Å²) >= 11 is 6.38. The summed E-state index contributed by atoms with van der Waals surface area (Å²) in [5, 5.41) is 4.36. The number of rotatable bonds is 13. The number of carbonyl (C=O) groups is 2. The number of aryl methyl sites for hydroxylation is 1. The Morgan fingerprint density at radius 2 is 1.62 bits per heavy atom. The molecule has 0 bridgehead atoms. The van der Waals surface area contributed by atoms with Crippen LogP contribution in [-0.4, -0.2) is 99.5 Å². The first-order valence-electron chi connectivity index (χ1n) is 23.9. The van der Waals surface area contributed by atoms with Crippen LogP contribution >= 0.6 is 11.6 Å². The van der Waals surface area contributed by atoms with Gasteiger partial charge in [-0.1, -0.05) is 11.6 Å². The van der Waals surface area contributed by atoms with Gasteiger partial charge >= 0.3 is 11.9 Å². The predicted molar refractivity (Wildman–Crippen MR) is 261 cm³/mol. The Balaban J connectivity index is 0.787. The van der Waals surface area contributed by atoms with E-state index in [1.807, 2.05) is 17.0 Å². The first kappa shape index (κ1) is 49.5. The van der Waals surface area contributed by atoms with Crippen LogP contribution in [0.1, 0.15) is 110 Å². The molecule has 2 saturated heterocycles. The number of alkyl halides is 3. The Kier molecular flexibility index (Phi) is 15.0. The van der Waals surface area contributed by atoms with Gasteiger partial charge in [0.05, 0.1) is 34.9 Å². The van der Waals surface area contributed by atoms with Crippen LogP contribution in [0, 0.1) is 24.7 Å². The van der Waals surface area contributed by atoms with Crippen molar-refractivity contribution in [1.82, 2.24) is 34.2 Å². The molecule has 4 heterocycles. The first-order chi connectivity index (χ1) is 32.9. The number of methoxy groups -OCH3 is 1. The van der Waals surface area contributed by atoms with Gasteiger partial charge in [-0.15, -0.1) is 0 Å². The summed E-state index contributed by atoms with van der Waals surface area (Å²) in [6.07, 6.45) is 4.84. The second-order valence-electron chi connectivity index (χ2n) is 19.2. The third-order valence-corrected chi connectivity index (χ3v) is 14.7. The number of nitrogens with one attached hydrogen (secondary N) is 2. The van der Waals surface area contributed by atoms with Gasteiger partial charge < -0.3 is 30.5 Å². The number of amides is 2. The van der Waals surface area contributed by atoms with E-state index < -0.39 is 29.0 Å². The van der Waals surface area contributed by atoms with Gasteiger partial charge in [-0.3, -0.25) is 23.9 Å². The number of fused-ring (bicyclic) bond motifs is 1. The van der Waals surface area contributed by atoms with Gasteiger partial charge in [0.1, 0.15) is 17.4 Å². The number of ether oxygens (including phenoxy) is 1. The Labute approximate surface area is 404 Å². The third-order valence-electron chi connectivity index (χ3n) is 14.4. The number of aromatic nitrogens is 4. The summed E-state index contributed by atoms with van der Waals surface area (Å²) < 4.78 is 48.0. The Morgan fingerprint density at radius 3 is 2.30 bits per heavy atom. The van der Waals surface area contributed by atoms with Crippen LogP contribution in [-0.2, 0) is 11.0 Å². The number of carbonyl (C=O) groups excluding carboxylic acids is 2. The van der Waals surface area contributed by atoms with E-state index in [0.29, 0.717) is 69.7 Å². The maximum Gasteiger partial charge on any atom is 0.416 e. The molecule has 0 spiro atoms. The van der Waals surface area contributed by atoms with Crippen molar-refractivity contribution in [3.8, 4) is 11.4 Å². The molecule has 0 radical (unpaired) electrons. The van der Waals surface area contributed by atoms with E-state index in [2.05, 4.69) is 37.1 Å². The van der Waals surface area contributed by atoms with E-state index in [0.717, 1.165) is 107 Å². The zero-order chi connectivity index (χ0) is 49.1. The lowest BCUT2D eigenvalue weighted by Gasteiger charge is -2.37. The SMILES string of the molecule is COc1cc2nc(C)nc(N[C@H](C)c3cc(N)cc(C(F)(F)F)c3)c2cc1C1CCC(C(=O)N2CCC(CCN(C)CC3CCN(C(=O)c4ccc(Cl)c(-n5ccc(=O)[nH]c5=O)c4)CC3)CC2)CC1. The highest BCUT2D eigenvalue weighted by Gasteiger charge is 2.34. The monoisotopic (exact) mass is 971 g/mol. The van der Waals surface area contributed by atoms with E-state index in [1.54, 1.807) is 39.2 Å². The molecule has 8 rings (SSSR count). The van der Waals surface area contributed by atoms with Crippen LogP contribution in [0.4, 0.5) is 24.7 Å². The number of H-pyrrole nitrogens is 1. The van der Waals surface area contributed by atoms with E-state index in [9.17, 15) is 32.3 Å². The quantitative estimate of drug-likeness (QED) is 0.0971. The molecule has 1 aliphatic carbocycles. The number of halogens is 4. The maximum atomic E-state index is 13.9. The minimum Gasteiger partial charge on any atom is -0.496 e. The lowest BCUT2D eigenvalue weighted by Crippen LogP contribution is -2.43. The average molecular weight is 973 g/mol. The van der Waals surface area contributed by atoms with Gasteiger partial charge in [0.2, 0.25) is 5.91 Å². The molecular weight excluding hydrogens is 911 g/mol. The molecule has 1 saturated carbocycles. The fourth-order valence-electron chi connectivity index (χ4n) is 10.5. The molecule has 14 nitrogen and oxygen atoms in total. The number of aromatic amines is 1. The lowest BCUT2D eigenvalue weighted by molar-refractivity contribution is -0.138. The molecule has 2 aromatic heterocycles. The number of nitrogens with two attached hydrogens (primary N) is 1. The number of benzene rings is 3. The number of likely N-dealkylation sites (tertiary alicyclic amines) is 2. The van der Waals surface area contributed by atoms with Gasteiger partial charge in [-0.05, 0) is 157 Å². The van der Waals surface area contributed by atoms with Crippen molar-refractivity contribution < 1.29 is 27.5 Å². The highest BCUT2D eigenvalue weighted by Crippen LogP contribution is 2.43. The van der Waals surface area contributed by atoms with Crippen LogP contribution in [0.15, 0.2) is 70.4 Å². The molecule has 0 unspecified atom stereocenters. The normalized spacial score (nSPS) is 19.0. The van der Waals surface area contributed by atoms with Crippen LogP contribution in [0.2, 0.25) is 5.02 Å². The molecule has 2 aliphatic heterocycles. The van der Waals surface area contributed by atoms with E-state index in [4.69, 9.17) is 22.1 Å². The van der Waals surface area contributed by atoms with Crippen molar-refractivity contribution in [2.24, 2.45) is 17.8 Å². The molecule has 1 atom stereocenters. The average Bonchev–Trinajstić information content (AvgIpc) is 3.33. The van der Waals surface area contributed by atoms with Crippen molar-refractivity contribution >= 4 is 45.8 Å². The summed E-state index contributed by atoms with van der Waals surface area (Å²) in [4.78, 5) is 69.2. The van der Waals surface area contributed by atoms with Crippen LogP contribution in [0.25, 0.3) is 16.6 Å². The second kappa shape index (κ2) is 21.0. The van der Waals surface area contributed by atoms with Gasteiger partial charge in [-0.25, -0.2) is 14.8 Å². The van der Waals surface area contributed by atoms with Gasteiger partial charge in [-0.2, -0.15) is 13.2 Å². The molecular formula is C51H61ClF3N9O5. The van der Waals surface area contributed by atoms with Gasteiger partial charge in [0, 0.05) is 73.6 Å². The van der Waals surface area contributed by atoms with Crippen molar-refractivity contribution in [2.75, 3.05) is 64.5 Å². The standard InChI is InChI=1S/C51H61ClF3N9O5/c1-30(37-23-38(51(53,54)55)26-39(56)24-37)57-47-41-27-40(45(69-4)28-43(41)58-31(2)59-47)34-5-7-35(8-6-34)48(66)62-18-12-32(13-19-62)11-17-61(3)29-33-14-20-63(21-15-33)49(67)36-9-10-42(52)44(25-36)64-22-16-46(65)60-50(64)68/h9-10,16,22-28,30,32-35H,5-8,11-15,17-21,29,56H2,1-4H3,(H,57,58,59)(H,60,65,68)/t30-,34?,35?/m1/s1. The zero-order valence-corrected chi connectivity index (χ0v) is 40.3. The lowest BCUT2D eigenvalue weighted by atomic mass is 9.77. The molecule has 3 fully saturated rings. The number of hydrogen-bond donors (Lipinski definition) is 3. The summed E-state index contributed by atoms with van der Waals surface area (Å²) in [5.74, 6) is 3.00. The number of nitrogen functional groups attached to an aromatic ring is 1. The summed E-state index contributed by atoms with van der Waals surface area (Å²) in [6, 6.07) is 13.0. The number of hydrogen-bond acceptors (Lipinski definition) is 10. The van der Waals surface area contributed by atoms with Crippen molar-refractivity contribution in [3.05, 3.63) is 115 Å². The second-order valence-corrected chi connectivity index (χ2v) is 19.6. The minimum absolute atomic E-state index is 0.0296. The van der Waals surface area contributed by atoms with Crippen molar-refractivity contribution in [1.29, 1.82) is 0 Å².